The zero-order valence-corrected chi connectivity index (χ0v) is 7.20. The number of nitrogens with two attached hydrogens (primary N) is 1. The molecular formula is C9H10N2O2. The number of carbonyl (C=O) groups excluding carboxylic acids is 1. The number of fused-ring (bicyclic) bond motifs is 1. The summed E-state index contributed by atoms with van der Waals surface area (Å²) in [5, 5.41) is 2.72. The zero-order valence-electron chi connectivity index (χ0n) is 7.20. The average Bonchev–Trinajstić information content (AvgIpc) is 2.08. The van der Waals surface area contributed by atoms with Crippen molar-refractivity contribution in [3.8, 4) is 5.75 Å². The van der Waals surface area contributed by atoms with Crippen LogP contribution in [0.2, 0.25) is 0 Å². The summed E-state index contributed by atoms with van der Waals surface area (Å²) in [4.78, 5) is 11.2. The van der Waals surface area contributed by atoms with Gasteiger partial charge in [-0.05, 0) is 19.1 Å². The molecule has 1 atom stereocenters. The molecule has 1 heterocycles. The summed E-state index contributed by atoms with van der Waals surface area (Å²) in [7, 11) is 0. The van der Waals surface area contributed by atoms with E-state index in [9.17, 15) is 4.79 Å². The first kappa shape index (κ1) is 7.91. The van der Waals surface area contributed by atoms with Crippen LogP contribution in [0.4, 0.5) is 11.4 Å². The van der Waals surface area contributed by atoms with Gasteiger partial charge in [0.2, 0.25) is 0 Å². The highest BCUT2D eigenvalue weighted by atomic mass is 16.5. The minimum Gasteiger partial charge on any atom is -0.479 e. The standard InChI is InChI=1S/C9H10N2O2/c1-5-9(12)11-7-3-2-6(10)4-8(7)13-5/h2-5H,10H2,1H3,(H,11,12)/t5-/m1/s1. The molecule has 0 unspecified atom stereocenters. The summed E-state index contributed by atoms with van der Waals surface area (Å²) in [6.45, 7) is 1.70. The zero-order chi connectivity index (χ0) is 9.42. The van der Waals surface area contributed by atoms with E-state index in [1.165, 1.54) is 0 Å². The molecule has 0 spiro atoms. The summed E-state index contributed by atoms with van der Waals surface area (Å²) in [6, 6.07) is 5.15. The van der Waals surface area contributed by atoms with Crippen molar-refractivity contribution in [2.75, 3.05) is 11.1 Å². The Kier molecular flexibility index (Phi) is 1.62. The molecule has 3 N–H and O–H groups in total. The van der Waals surface area contributed by atoms with Gasteiger partial charge in [0.05, 0.1) is 5.69 Å². The molecule has 4 nitrogen and oxygen atoms in total. The van der Waals surface area contributed by atoms with Gasteiger partial charge < -0.3 is 15.8 Å². The molecule has 0 radical (unpaired) electrons. The van der Waals surface area contributed by atoms with E-state index >= 15 is 0 Å². The van der Waals surface area contributed by atoms with Crippen LogP contribution in [0.5, 0.6) is 5.75 Å². The van der Waals surface area contributed by atoms with Crippen LogP contribution in [-0.4, -0.2) is 12.0 Å². The highest BCUT2D eigenvalue weighted by Crippen LogP contribution is 2.30. The lowest BCUT2D eigenvalue weighted by Crippen LogP contribution is -2.34. The largest absolute Gasteiger partial charge is 0.479 e. The maximum atomic E-state index is 11.2. The Morgan fingerprint density at radius 3 is 3.08 bits per heavy atom. The maximum absolute atomic E-state index is 11.2. The Hall–Kier alpha value is -1.71. The molecule has 68 valence electrons. The molecule has 0 saturated carbocycles. The first-order chi connectivity index (χ1) is 6.16. The van der Waals surface area contributed by atoms with Gasteiger partial charge in [0.1, 0.15) is 5.75 Å². The second-order valence-corrected chi connectivity index (χ2v) is 3.00. The summed E-state index contributed by atoms with van der Waals surface area (Å²) in [6.07, 6.45) is -0.450. The van der Waals surface area contributed by atoms with E-state index in [1.807, 2.05) is 0 Å². The first-order valence-corrected chi connectivity index (χ1v) is 4.04. The van der Waals surface area contributed by atoms with E-state index in [2.05, 4.69) is 5.32 Å². The molecule has 1 aromatic carbocycles. The van der Waals surface area contributed by atoms with Crippen molar-refractivity contribution >= 4 is 17.3 Å². The Morgan fingerprint density at radius 2 is 2.31 bits per heavy atom. The average molecular weight is 178 g/mol. The molecule has 0 saturated heterocycles. The number of hydrogen-bond donors (Lipinski definition) is 2. The Labute approximate surface area is 75.7 Å². The second-order valence-electron chi connectivity index (χ2n) is 3.00. The Morgan fingerprint density at radius 1 is 1.54 bits per heavy atom. The smallest absolute Gasteiger partial charge is 0.265 e. The van der Waals surface area contributed by atoms with E-state index < -0.39 is 6.10 Å². The quantitative estimate of drug-likeness (QED) is 0.582. The van der Waals surface area contributed by atoms with Crippen molar-refractivity contribution in [2.45, 2.75) is 13.0 Å². The SMILES string of the molecule is C[C@H]1Oc2cc(N)ccc2NC1=O. The summed E-state index contributed by atoms with van der Waals surface area (Å²) >= 11 is 0. The number of rotatable bonds is 0. The number of benzene rings is 1. The lowest BCUT2D eigenvalue weighted by atomic mass is 10.2. The van der Waals surface area contributed by atoms with Gasteiger partial charge in [-0.15, -0.1) is 0 Å². The van der Waals surface area contributed by atoms with Crippen LogP contribution in [0.15, 0.2) is 18.2 Å². The fraction of sp³-hybridized carbons (Fsp3) is 0.222. The molecule has 1 aromatic rings. The van der Waals surface area contributed by atoms with Gasteiger partial charge in [-0.1, -0.05) is 0 Å². The van der Waals surface area contributed by atoms with Gasteiger partial charge in [0.15, 0.2) is 6.10 Å². The Balaban J connectivity index is 2.42. The third-order valence-corrected chi connectivity index (χ3v) is 1.94. The molecule has 0 fully saturated rings. The van der Waals surface area contributed by atoms with E-state index in [1.54, 1.807) is 25.1 Å². The molecule has 0 bridgehead atoms. The number of hydrogen-bond acceptors (Lipinski definition) is 3. The number of anilines is 2. The van der Waals surface area contributed by atoms with Crippen molar-refractivity contribution in [2.24, 2.45) is 0 Å². The highest BCUT2D eigenvalue weighted by molar-refractivity contribution is 5.97. The number of nitrogens with one attached hydrogen (secondary N) is 1. The molecule has 1 aliphatic heterocycles. The van der Waals surface area contributed by atoms with Crippen LogP contribution in [0, 0.1) is 0 Å². The number of nitrogen functional groups attached to an aromatic ring is 1. The summed E-state index contributed by atoms with van der Waals surface area (Å²) < 4.78 is 5.33. The third-order valence-electron chi connectivity index (χ3n) is 1.94. The monoisotopic (exact) mass is 178 g/mol. The predicted molar refractivity (Wildman–Crippen MR) is 49.6 cm³/mol. The van der Waals surface area contributed by atoms with Gasteiger partial charge in [-0.3, -0.25) is 4.79 Å². The van der Waals surface area contributed by atoms with Crippen molar-refractivity contribution in [3.05, 3.63) is 18.2 Å². The van der Waals surface area contributed by atoms with Crippen molar-refractivity contribution in [1.29, 1.82) is 0 Å². The van der Waals surface area contributed by atoms with Crippen LogP contribution in [0.3, 0.4) is 0 Å². The van der Waals surface area contributed by atoms with Gasteiger partial charge in [-0.25, -0.2) is 0 Å². The van der Waals surface area contributed by atoms with Crippen molar-refractivity contribution < 1.29 is 9.53 Å². The summed E-state index contributed by atoms with van der Waals surface area (Å²) in [5.41, 5.74) is 6.87. The molecule has 1 aliphatic rings. The second kappa shape index (κ2) is 2.65. The van der Waals surface area contributed by atoms with E-state index in [-0.39, 0.29) is 5.91 Å². The van der Waals surface area contributed by atoms with Gasteiger partial charge in [0.25, 0.3) is 5.91 Å². The topological polar surface area (TPSA) is 64.3 Å². The lowest BCUT2D eigenvalue weighted by molar-refractivity contribution is -0.122. The normalized spacial score (nSPS) is 20.1. The van der Waals surface area contributed by atoms with Gasteiger partial charge in [-0.2, -0.15) is 0 Å². The van der Waals surface area contributed by atoms with Crippen molar-refractivity contribution in [1.82, 2.24) is 0 Å². The summed E-state index contributed by atoms with van der Waals surface area (Å²) in [5.74, 6) is 0.504. The molecule has 0 aromatic heterocycles. The Bertz CT molecular complexity index is 363. The molecule has 2 rings (SSSR count). The predicted octanol–water partition coefficient (Wildman–Crippen LogP) is 0.988. The molecule has 13 heavy (non-hydrogen) atoms. The minimum atomic E-state index is -0.450. The van der Waals surface area contributed by atoms with Crippen LogP contribution >= 0.6 is 0 Å². The van der Waals surface area contributed by atoms with Crippen LogP contribution in [0.1, 0.15) is 6.92 Å². The number of ether oxygens (including phenoxy) is 1. The van der Waals surface area contributed by atoms with Crippen LogP contribution in [-0.2, 0) is 4.79 Å². The fourth-order valence-electron chi connectivity index (χ4n) is 1.22. The highest BCUT2D eigenvalue weighted by Gasteiger charge is 2.22. The van der Waals surface area contributed by atoms with Crippen LogP contribution < -0.4 is 15.8 Å². The first-order valence-electron chi connectivity index (χ1n) is 4.04. The van der Waals surface area contributed by atoms with Gasteiger partial charge >= 0.3 is 0 Å². The molecule has 0 aliphatic carbocycles. The number of amides is 1. The van der Waals surface area contributed by atoms with Gasteiger partial charge in [0, 0.05) is 11.8 Å². The van der Waals surface area contributed by atoms with E-state index in [0.717, 1.165) is 0 Å². The molecule has 1 amide bonds. The third kappa shape index (κ3) is 1.30. The maximum Gasteiger partial charge on any atom is 0.265 e. The fourth-order valence-corrected chi connectivity index (χ4v) is 1.22. The van der Waals surface area contributed by atoms with E-state index in [4.69, 9.17) is 10.5 Å². The van der Waals surface area contributed by atoms with Crippen molar-refractivity contribution in [3.63, 3.8) is 0 Å². The molecule has 4 heteroatoms. The van der Waals surface area contributed by atoms with E-state index in [0.29, 0.717) is 17.1 Å². The van der Waals surface area contributed by atoms with Crippen LogP contribution in [0.25, 0.3) is 0 Å². The molecular weight excluding hydrogens is 168 g/mol. The minimum absolute atomic E-state index is 0.128. The lowest BCUT2D eigenvalue weighted by Gasteiger charge is -2.23. The number of carbonyl (C=O) groups is 1.